The predicted octanol–water partition coefficient (Wildman–Crippen LogP) is 6.84. The minimum absolute atomic E-state index is 0.883. The quantitative estimate of drug-likeness (QED) is 0.499. The summed E-state index contributed by atoms with van der Waals surface area (Å²) in [6, 6.07) is 22.1. The number of hydrogen-bond acceptors (Lipinski definition) is 0. The Morgan fingerprint density at radius 3 is 1.67 bits per heavy atom. The highest BCUT2D eigenvalue weighted by molar-refractivity contribution is 5.16. The van der Waals surface area contributed by atoms with Crippen molar-refractivity contribution in [2.45, 2.75) is 64.2 Å². The summed E-state index contributed by atoms with van der Waals surface area (Å²) in [7, 11) is 0. The minimum atomic E-state index is 0.883. The Morgan fingerprint density at radius 2 is 1.17 bits per heavy atom. The predicted molar refractivity (Wildman–Crippen MR) is 104 cm³/mol. The highest BCUT2D eigenvalue weighted by Gasteiger charge is 2.19. The molecule has 0 aromatic heterocycles. The summed E-state index contributed by atoms with van der Waals surface area (Å²) >= 11 is 0. The number of rotatable bonds is 8. The van der Waals surface area contributed by atoms with E-state index < -0.39 is 0 Å². The molecule has 0 atom stereocenters. The smallest absolute Gasteiger partial charge is 0.0276 e. The van der Waals surface area contributed by atoms with Crippen LogP contribution in [0.15, 0.2) is 60.7 Å². The molecule has 0 saturated heterocycles. The average Bonchev–Trinajstić information content (AvgIpc) is 2.66. The van der Waals surface area contributed by atoms with E-state index in [0.29, 0.717) is 0 Å². The van der Waals surface area contributed by atoms with Crippen molar-refractivity contribution in [2.75, 3.05) is 0 Å². The SMILES string of the molecule is c1ccc(CCC(CCc2ccccc2)CC2CCCCC2)cc1. The zero-order chi connectivity index (χ0) is 16.5. The fourth-order valence-corrected chi connectivity index (χ4v) is 4.31. The first-order valence-electron chi connectivity index (χ1n) is 9.98. The molecule has 0 unspecified atom stereocenters. The third kappa shape index (κ3) is 5.82. The van der Waals surface area contributed by atoms with Gasteiger partial charge in [-0.1, -0.05) is 92.8 Å². The molecule has 0 aliphatic heterocycles. The van der Waals surface area contributed by atoms with Crippen LogP contribution >= 0.6 is 0 Å². The second kappa shape index (κ2) is 9.67. The zero-order valence-electron chi connectivity index (χ0n) is 15.0. The van der Waals surface area contributed by atoms with Crippen molar-refractivity contribution in [3.63, 3.8) is 0 Å². The minimum Gasteiger partial charge on any atom is -0.0622 e. The van der Waals surface area contributed by atoms with Gasteiger partial charge in [0.15, 0.2) is 0 Å². The van der Waals surface area contributed by atoms with Gasteiger partial charge in [-0.15, -0.1) is 0 Å². The Balaban J connectivity index is 1.54. The van der Waals surface area contributed by atoms with E-state index in [1.807, 2.05) is 0 Å². The molecule has 0 spiro atoms. The van der Waals surface area contributed by atoms with E-state index in [4.69, 9.17) is 0 Å². The van der Waals surface area contributed by atoms with E-state index in [1.54, 1.807) is 0 Å². The van der Waals surface area contributed by atoms with Crippen molar-refractivity contribution in [1.29, 1.82) is 0 Å². The van der Waals surface area contributed by atoms with Crippen LogP contribution in [-0.4, -0.2) is 0 Å². The van der Waals surface area contributed by atoms with Gasteiger partial charge in [-0.2, -0.15) is 0 Å². The lowest BCUT2D eigenvalue weighted by Gasteiger charge is -2.27. The first-order chi connectivity index (χ1) is 11.9. The fraction of sp³-hybridized carbons (Fsp3) is 0.500. The van der Waals surface area contributed by atoms with Crippen LogP contribution in [-0.2, 0) is 12.8 Å². The normalized spacial score (nSPS) is 15.7. The van der Waals surface area contributed by atoms with Gasteiger partial charge in [0.2, 0.25) is 0 Å². The largest absolute Gasteiger partial charge is 0.0622 e. The lowest BCUT2D eigenvalue weighted by atomic mass is 9.79. The van der Waals surface area contributed by atoms with Gasteiger partial charge in [0.05, 0.1) is 0 Å². The molecule has 24 heavy (non-hydrogen) atoms. The second-order valence-corrected chi connectivity index (χ2v) is 7.65. The van der Waals surface area contributed by atoms with Crippen LogP contribution in [0.1, 0.15) is 62.5 Å². The summed E-state index contributed by atoms with van der Waals surface area (Å²) in [5, 5.41) is 0. The molecule has 2 aromatic rings. The Hall–Kier alpha value is -1.56. The van der Waals surface area contributed by atoms with Crippen molar-refractivity contribution >= 4 is 0 Å². The first-order valence-corrected chi connectivity index (χ1v) is 9.98. The van der Waals surface area contributed by atoms with Crippen molar-refractivity contribution in [1.82, 2.24) is 0 Å². The number of hydrogen-bond donors (Lipinski definition) is 0. The lowest BCUT2D eigenvalue weighted by Crippen LogP contribution is -2.14. The maximum Gasteiger partial charge on any atom is -0.0276 e. The zero-order valence-corrected chi connectivity index (χ0v) is 15.0. The molecular weight excluding hydrogens is 288 g/mol. The Kier molecular flexibility index (Phi) is 6.96. The Bertz CT molecular complexity index is 508. The molecule has 0 amide bonds. The third-order valence-electron chi connectivity index (χ3n) is 5.76. The van der Waals surface area contributed by atoms with Crippen molar-refractivity contribution in [3.8, 4) is 0 Å². The van der Waals surface area contributed by atoms with Crippen molar-refractivity contribution < 1.29 is 0 Å². The van der Waals surface area contributed by atoms with E-state index in [-0.39, 0.29) is 0 Å². The van der Waals surface area contributed by atoms with Gasteiger partial charge in [0.25, 0.3) is 0 Å². The van der Waals surface area contributed by atoms with Crippen LogP contribution < -0.4 is 0 Å². The molecule has 0 N–H and O–H groups in total. The van der Waals surface area contributed by atoms with Gasteiger partial charge < -0.3 is 0 Å². The molecule has 2 aromatic carbocycles. The monoisotopic (exact) mass is 320 g/mol. The molecule has 1 aliphatic carbocycles. The molecule has 0 radical (unpaired) electrons. The topological polar surface area (TPSA) is 0 Å². The maximum absolute atomic E-state index is 2.29. The molecule has 0 heterocycles. The van der Waals surface area contributed by atoms with E-state index >= 15 is 0 Å². The van der Waals surface area contributed by atoms with E-state index in [1.165, 1.54) is 75.3 Å². The van der Waals surface area contributed by atoms with E-state index in [9.17, 15) is 0 Å². The highest BCUT2D eigenvalue weighted by Crippen LogP contribution is 2.32. The van der Waals surface area contributed by atoms with Crippen LogP contribution in [0, 0.1) is 11.8 Å². The van der Waals surface area contributed by atoms with E-state index in [0.717, 1.165) is 11.8 Å². The van der Waals surface area contributed by atoms with Crippen molar-refractivity contribution in [2.24, 2.45) is 11.8 Å². The number of benzene rings is 2. The molecule has 1 aliphatic rings. The summed E-state index contributed by atoms with van der Waals surface area (Å²) in [5.41, 5.74) is 3.01. The molecular formula is C24H32. The summed E-state index contributed by atoms with van der Waals surface area (Å²) in [5.74, 6) is 1.88. The van der Waals surface area contributed by atoms with Gasteiger partial charge in [-0.3, -0.25) is 0 Å². The summed E-state index contributed by atoms with van der Waals surface area (Å²) in [6.07, 6.45) is 14.0. The van der Waals surface area contributed by atoms with Crippen molar-refractivity contribution in [3.05, 3.63) is 71.8 Å². The number of aryl methyl sites for hydroxylation is 2. The third-order valence-corrected chi connectivity index (χ3v) is 5.76. The van der Waals surface area contributed by atoms with Gasteiger partial charge in [0, 0.05) is 0 Å². The summed E-state index contributed by atoms with van der Waals surface area (Å²) < 4.78 is 0. The lowest BCUT2D eigenvalue weighted by molar-refractivity contribution is 0.270. The van der Waals surface area contributed by atoms with Gasteiger partial charge in [-0.05, 0) is 55.1 Å². The van der Waals surface area contributed by atoms with Gasteiger partial charge >= 0.3 is 0 Å². The Labute approximate surface area is 148 Å². The summed E-state index contributed by atoms with van der Waals surface area (Å²) in [6.45, 7) is 0. The first kappa shape index (κ1) is 17.3. The highest BCUT2D eigenvalue weighted by atomic mass is 14.2. The molecule has 3 rings (SSSR count). The van der Waals surface area contributed by atoms with Crippen LogP contribution in [0.4, 0.5) is 0 Å². The Morgan fingerprint density at radius 1 is 0.667 bits per heavy atom. The average molecular weight is 321 g/mol. The molecule has 128 valence electrons. The van der Waals surface area contributed by atoms with Crippen LogP contribution in [0.25, 0.3) is 0 Å². The molecule has 1 saturated carbocycles. The van der Waals surface area contributed by atoms with Gasteiger partial charge in [0.1, 0.15) is 0 Å². The molecule has 1 fully saturated rings. The van der Waals surface area contributed by atoms with Crippen LogP contribution in [0.5, 0.6) is 0 Å². The standard InChI is InChI=1S/C24H32/c1-4-10-21(11-5-1)16-18-24(20-23-14-8-3-9-15-23)19-17-22-12-6-2-7-13-22/h1-2,4-7,10-13,23-24H,3,8-9,14-20H2. The summed E-state index contributed by atoms with van der Waals surface area (Å²) in [4.78, 5) is 0. The second-order valence-electron chi connectivity index (χ2n) is 7.65. The van der Waals surface area contributed by atoms with Gasteiger partial charge in [-0.25, -0.2) is 0 Å². The maximum atomic E-state index is 2.29. The van der Waals surface area contributed by atoms with E-state index in [2.05, 4.69) is 60.7 Å². The van der Waals surface area contributed by atoms with Crippen LogP contribution in [0.2, 0.25) is 0 Å². The molecule has 0 nitrogen and oxygen atoms in total. The fourth-order valence-electron chi connectivity index (χ4n) is 4.31. The molecule has 0 bridgehead atoms. The molecule has 0 heteroatoms. The van der Waals surface area contributed by atoms with Crippen LogP contribution in [0.3, 0.4) is 0 Å².